The molecule has 4 rings (SSSR count). The summed E-state index contributed by atoms with van der Waals surface area (Å²) in [5, 5.41) is 12.5. The molecule has 4 aromatic rings. The fourth-order valence-corrected chi connectivity index (χ4v) is 4.44. The summed E-state index contributed by atoms with van der Waals surface area (Å²) in [5.74, 6) is 1.61. The second-order valence-electron chi connectivity index (χ2n) is 7.98. The van der Waals surface area contributed by atoms with Gasteiger partial charge in [-0.15, -0.1) is 10.2 Å². The second-order valence-corrected chi connectivity index (χ2v) is 8.93. The van der Waals surface area contributed by atoms with Gasteiger partial charge in [0.2, 0.25) is 5.91 Å². The van der Waals surface area contributed by atoms with E-state index in [1.54, 1.807) is 12.4 Å². The van der Waals surface area contributed by atoms with Crippen LogP contribution < -0.4 is 10.1 Å². The molecule has 0 aliphatic carbocycles. The lowest BCUT2D eigenvalue weighted by Gasteiger charge is -2.15. The zero-order valence-corrected chi connectivity index (χ0v) is 21.0. The van der Waals surface area contributed by atoms with E-state index in [9.17, 15) is 4.79 Å². The molecular weight excluding hydrogens is 458 g/mol. The number of benzene rings is 2. The van der Waals surface area contributed by atoms with Crippen LogP contribution >= 0.6 is 11.8 Å². The molecule has 0 aliphatic rings. The van der Waals surface area contributed by atoms with Crippen molar-refractivity contribution < 1.29 is 9.53 Å². The highest BCUT2D eigenvalue weighted by molar-refractivity contribution is 7.99. The number of ether oxygens (including phenoxy) is 1. The largest absolute Gasteiger partial charge is 0.494 e. The van der Waals surface area contributed by atoms with Crippen LogP contribution in [0.25, 0.3) is 17.1 Å². The van der Waals surface area contributed by atoms with E-state index < -0.39 is 0 Å². The third-order valence-electron chi connectivity index (χ3n) is 5.56. The summed E-state index contributed by atoms with van der Waals surface area (Å²) in [5.41, 5.74) is 4.08. The molecule has 2 aromatic heterocycles. The zero-order chi connectivity index (χ0) is 24.6. The molecule has 2 heterocycles. The van der Waals surface area contributed by atoms with Gasteiger partial charge in [-0.3, -0.25) is 14.3 Å². The summed E-state index contributed by atoms with van der Waals surface area (Å²) in [6, 6.07) is 19.8. The molecule has 180 valence electrons. The molecule has 0 saturated carbocycles. The number of nitrogens with one attached hydrogen (secondary N) is 1. The number of hydrogen-bond acceptors (Lipinski definition) is 6. The molecule has 7 nitrogen and oxygen atoms in total. The molecule has 1 amide bonds. The van der Waals surface area contributed by atoms with E-state index in [1.807, 2.05) is 54.8 Å². The molecule has 0 spiro atoms. The number of pyridine rings is 1. The summed E-state index contributed by atoms with van der Waals surface area (Å²) in [6.45, 7) is 6.68. The van der Waals surface area contributed by atoms with Crippen LogP contribution in [0, 0.1) is 0 Å². The van der Waals surface area contributed by atoms with Crippen LogP contribution in [-0.2, 0) is 11.2 Å². The highest BCUT2D eigenvalue weighted by Gasteiger charge is 2.18. The van der Waals surface area contributed by atoms with Gasteiger partial charge in [-0.25, -0.2) is 0 Å². The van der Waals surface area contributed by atoms with E-state index in [0.717, 1.165) is 29.0 Å². The molecule has 8 heteroatoms. The number of amides is 1. The van der Waals surface area contributed by atoms with E-state index in [2.05, 4.69) is 51.7 Å². The minimum atomic E-state index is -0.0797. The van der Waals surface area contributed by atoms with Crippen molar-refractivity contribution in [2.45, 2.75) is 38.4 Å². The third kappa shape index (κ3) is 6.08. The number of carbonyl (C=O) groups is 1. The lowest BCUT2D eigenvalue weighted by Crippen LogP contribution is -2.28. The highest BCUT2D eigenvalue weighted by atomic mass is 32.2. The van der Waals surface area contributed by atoms with Gasteiger partial charge in [0.1, 0.15) is 5.75 Å². The van der Waals surface area contributed by atoms with Gasteiger partial charge in [-0.05, 0) is 67.8 Å². The summed E-state index contributed by atoms with van der Waals surface area (Å²) < 4.78 is 7.52. The van der Waals surface area contributed by atoms with Gasteiger partial charge >= 0.3 is 0 Å². The van der Waals surface area contributed by atoms with E-state index in [-0.39, 0.29) is 17.7 Å². The number of carbonyl (C=O) groups excluding carboxylic acids is 1. The summed E-state index contributed by atoms with van der Waals surface area (Å²) in [4.78, 5) is 17.0. The molecule has 0 aliphatic heterocycles. The van der Waals surface area contributed by atoms with Gasteiger partial charge < -0.3 is 10.1 Å². The Morgan fingerprint density at radius 3 is 2.49 bits per heavy atom. The minimum absolute atomic E-state index is 0.0637. The molecule has 0 fully saturated rings. The highest BCUT2D eigenvalue weighted by Crippen LogP contribution is 2.28. The van der Waals surface area contributed by atoms with E-state index in [0.29, 0.717) is 17.6 Å². The maximum absolute atomic E-state index is 12.7. The molecule has 2 aromatic carbocycles. The van der Waals surface area contributed by atoms with Gasteiger partial charge in [-0.1, -0.05) is 43.0 Å². The van der Waals surface area contributed by atoms with Crippen LogP contribution in [0.4, 0.5) is 0 Å². The number of rotatable bonds is 10. The Kier molecular flexibility index (Phi) is 8.15. The van der Waals surface area contributed by atoms with Gasteiger partial charge in [0.15, 0.2) is 11.0 Å². The lowest BCUT2D eigenvalue weighted by molar-refractivity contribution is -0.119. The van der Waals surface area contributed by atoms with E-state index >= 15 is 0 Å². The molecular formula is C27H29N5O2S. The van der Waals surface area contributed by atoms with Crippen LogP contribution in [0.15, 0.2) is 78.2 Å². The Hall–Kier alpha value is -3.65. The predicted octanol–water partition coefficient (Wildman–Crippen LogP) is 5.26. The lowest BCUT2D eigenvalue weighted by atomic mass is 10.1. The van der Waals surface area contributed by atoms with Gasteiger partial charge in [0, 0.05) is 23.6 Å². The Labute approximate surface area is 210 Å². The first kappa shape index (κ1) is 24.5. The molecule has 1 unspecified atom stereocenters. The first-order valence-corrected chi connectivity index (χ1v) is 12.7. The average Bonchev–Trinajstić information content (AvgIpc) is 3.32. The molecule has 0 bridgehead atoms. The van der Waals surface area contributed by atoms with E-state index in [4.69, 9.17) is 4.74 Å². The Morgan fingerprint density at radius 2 is 1.83 bits per heavy atom. The summed E-state index contributed by atoms with van der Waals surface area (Å²) in [7, 11) is 0. The normalized spacial score (nSPS) is 11.7. The topological polar surface area (TPSA) is 81.9 Å². The number of nitrogens with zero attached hydrogens (tertiary/aromatic N) is 4. The molecule has 35 heavy (non-hydrogen) atoms. The molecule has 1 N–H and O–H groups in total. The van der Waals surface area contributed by atoms with Crippen molar-refractivity contribution in [1.82, 2.24) is 25.1 Å². The van der Waals surface area contributed by atoms with Gasteiger partial charge in [-0.2, -0.15) is 0 Å². The number of aromatic nitrogens is 4. The fourth-order valence-electron chi connectivity index (χ4n) is 3.67. The van der Waals surface area contributed by atoms with Crippen molar-refractivity contribution in [1.29, 1.82) is 0 Å². The Balaban J connectivity index is 1.51. The van der Waals surface area contributed by atoms with Crippen LogP contribution in [-0.4, -0.2) is 38.0 Å². The first-order chi connectivity index (χ1) is 17.1. The average molecular weight is 488 g/mol. The Morgan fingerprint density at radius 1 is 1.06 bits per heavy atom. The van der Waals surface area contributed by atoms with Crippen molar-refractivity contribution in [2.24, 2.45) is 0 Å². The van der Waals surface area contributed by atoms with Gasteiger partial charge in [0.25, 0.3) is 0 Å². The fraction of sp³-hybridized carbons (Fsp3) is 0.259. The third-order valence-corrected chi connectivity index (χ3v) is 6.49. The number of aryl methyl sites for hydroxylation is 1. The summed E-state index contributed by atoms with van der Waals surface area (Å²) in [6.07, 6.45) is 4.47. The minimum Gasteiger partial charge on any atom is -0.494 e. The summed E-state index contributed by atoms with van der Waals surface area (Å²) >= 11 is 1.35. The smallest absolute Gasteiger partial charge is 0.230 e. The van der Waals surface area contributed by atoms with Crippen LogP contribution in [0.2, 0.25) is 0 Å². The quantitative estimate of drug-likeness (QED) is 0.307. The molecule has 0 radical (unpaired) electrons. The molecule has 0 saturated heterocycles. The zero-order valence-electron chi connectivity index (χ0n) is 20.1. The maximum Gasteiger partial charge on any atom is 0.230 e. The van der Waals surface area contributed by atoms with Crippen molar-refractivity contribution in [3.05, 3.63) is 84.2 Å². The monoisotopic (exact) mass is 487 g/mol. The molecule has 1 atom stereocenters. The van der Waals surface area contributed by atoms with Gasteiger partial charge in [0.05, 0.1) is 18.4 Å². The standard InChI is InChI=1S/C27H29N5O2S/c1-4-20-8-10-21(11-9-20)19(3)29-25(33)18-35-27-31-30-26(22-7-6-16-28-17-22)32(27)23-12-14-24(15-13-23)34-5-2/h6-17,19H,4-5,18H2,1-3H3,(H,29,33). The SMILES string of the molecule is CCOc1ccc(-n2c(SCC(=O)NC(C)c3ccc(CC)cc3)nnc2-c2cccnc2)cc1. The first-order valence-electron chi connectivity index (χ1n) is 11.7. The maximum atomic E-state index is 12.7. The number of thioether (sulfide) groups is 1. The van der Waals surface area contributed by atoms with Crippen molar-refractivity contribution in [3.63, 3.8) is 0 Å². The van der Waals surface area contributed by atoms with Crippen LogP contribution in [0.1, 0.15) is 37.9 Å². The Bertz CT molecular complexity index is 1240. The van der Waals surface area contributed by atoms with Crippen LogP contribution in [0.5, 0.6) is 5.75 Å². The van der Waals surface area contributed by atoms with Crippen molar-refractivity contribution >= 4 is 17.7 Å². The number of hydrogen-bond donors (Lipinski definition) is 1. The van der Waals surface area contributed by atoms with Crippen LogP contribution in [0.3, 0.4) is 0 Å². The second kappa shape index (κ2) is 11.7. The van der Waals surface area contributed by atoms with E-state index in [1.165, 1.54) is 17.3 Å². The van der Waals surface area contributed by atoms with Crippen molar-refractivity contribution in [3.8, 4) is 22.8 Å². The van der Waals surface area contributed by atoms with Crippen molar-refractivity contribution in [2.75, 3.05) is 12.4 Å². The predicted molar refractivity (Wildman–Crippen MR) is 139 cm³/mol.